The first-order valence-corrected chi connectivity index (χ1v) is 8.46. The molecule has 1 aliphatic rings. The van der Waals surface area contributed by atoms with Gasteiger partial charge in [-0.3, -0.25) is 0 Å². The fourth-order valence-electron chi connectivity index (χ4n) is 3.21. The highest BCUT2D eigenvalue weighted by Gasteiger charge is 2.39. The number of hydrogen-bond acceptors (Lipinski definition) is 4. The molecule has 0 aromatic heterocycles. The number of aliphatic hydroxyl groups excluding tert-OH is 1. The number of ether oxygens (including phenoxy) is 2. The second kappa shape index (κ2) is 7.79. The lowest BCUT2D eigenvalue weighted by Gasteiger charge is -2.40. The second-order valence-electron chi connectivity index (χ2n) is 6.42. The van der Waals surface area contributed by atoms with Gasteiger partial charge in [-0.25, -0.2) is 0 Å². The van der Waals surface area contributed by atoms with Gasteiger partial charge in [0.05, 0.1) is 6.10 Å². The van der Waals surface area contributed by atoms with E-state index in [1.807, 2.05) is 54.6 Å². The molecule has 1 aliphatic heterocycles. The maximum absolute atomic E-state index is 10.8. The molecular weight excluding hydrogens is 302 g/mol. The first-order chi connectivity index (χ1) is 11.7. The van der Waals surface area contributed by atoms with Crippen LogP contribution in [-0.2, 0) is 11.3 Å². The van der Waals surface area contributed by atoms with Crippen LogP contribution in [0.25, 0.3) is 0 Å². The predicted octanol–water partition coefficient (Wildman–Crippen LogP) is 3.05. The van der Waals surface area contributed by atoms with Crippen molar-refractivity contribution < 1.29 is 14.6 Å². The monoisotopic (exact) mass is 327 g/mol. The van der Waals surface area contributed by atoms with Crippen molar-refractivity contribution in [3.8, 4) is 5.75 Å². The highest BCUT2D eigenvalue weighted by Crippen LogP contribution is 2.41. The Hall–Kier alpha value is -1.88. The summed E-state index contributed by atoms with van der Waals surface area (Å²) in [6.07, 6.45) is 1.00. The van der Waals surface area contributed by atoms with Crippen LogP contribution in [0.2, 0.25) is 0 Å². The number of hydrogen-bond donors (Lipinski definition) is 2. The van der Waals surface area contributed by atoms with Gasteiger partial charge in [0.1, 0.15) is 12.4 Å². The van der Waals surface area contributed by atoms with E-state index in [9.17, 15) is 5.11 Å². The largest absolute Gasteiger partial charge is 0.489 e. The van der Waals surface area contributed by atoms with E-state index in [0.717, 1.165) is 29.7 Å². The van der Waals surface area contributed by atoms with Crippen LogP contribution in [0.1, 0.15) is 30.1 Å². The van der Waals surface area contributed by atoms with E-state index in [4.69, 9.17) is 15.2 Å². The summed E-state index contributed by atoms with van der Waals surface area (Å²) in [7, 11) is 0. The molecule has 3 rings (SSSR count). The van der Waals surface area contributed by atoms with Crippen molar-refractivity contribution in [2.45, 2.75) is 25.6 Å². The maximum Gasteiger partial charge on any atom is 0.119 e. The normalized spacial score (nSPS) is 18.1. The Morgan fingerprint density at radius 2 is 1.71 bits per heavy atom. The van der Waals surface area contributed by atoms with Crippen molar-refractivity contribution in [3.63, 3.8) is 0 Å². The van der Waals surface area contributed by atoms with Crippen molar-refractivity contribution in [3.05, 3.63) is 65.7 Å². The third kappa shape index (κ3) is 3.78. The Labute approximate surface area is 143 Å². The predicted molar refractivity (Wildman–Crippen MR) is 93.7 cm³/mol. The van der Waals surface area contributed by atoms with E-state index in [1.54, 1.807) is 0 Å². The van der Waals surface area contributed by atoms with Gasteiger partial charge in [0.25, 0.3) is 0 Å². The fraction of sp³-hybridized carbons (Fsp3) is 0.400. The van der Waals surface area contributed by atoms with Gasteiger partial charge in [-0.1, -0.05) is 42.5 Å². The van der Waals surface area contributed by atoms with Crippen LogP contribution in [0.5, 0.6) is 5.75 Å². The van der Waals surface area contributed by atoms with Gasteiger partial charge in [-0.15, -0.1) is 0 Å². The van der Waals surface area contributed by atoms with E-state index < -0.39 is 6.10 Å². The topological polar surface area (TPSA) is 64.7 Å². The van der Waals surface area contributed by atoms with E-state index in [-0.39, 0.29) is 5.41 Å². The standard InChI is InChI=1S/C20H25NO3/c21-15-20(10-12-23-13-11-20)19(22)17-6-8-18(9-7-17)24-14-16-4-2-1-3-5-16/h1-9,19,22H,10-15,21H2. The molecule has 0 saturated carbocycles. The molecule has 4 nitrogen and oxygen atoms in total. The highest BCUT2D eigenvalue weighted by molar-refractivity contribution is 5.30. The number of benzene rings is 2. The van der Waals surface area contributed by atoms with Crippen LogP contribution < -0.4 is 10.5 Å². The summed E-state index contributed by atoms with van der Waals surface area (Å²) < 4.78 is 11.2. The molecule has 24 heavy (non-hydrogen) atoms. The second-order valence-corrected chi connectivity index (χ2v) is 6.42. The fourth-order valence-corrected chi connectivity index (χ4v) is 3.21. The van der Waals surface area contributed by atoms with Gasteiger partial charge in [-0.2, -0.15) is 0 Å². The molecular formula is C20H25NO3. The molecule has 1 atom stereocenters. The summed E-state index contributed by atoms with van der Waals surface area (Å²) in [6, 6.07) is 17.7. The molecule has 3 N–H and O–H groups in total. The van der Waals surface area contributed by atoms with Crippen molar-refractivity contribution >= 4 is 0 Å². The summed E-state index contributed by atoms with van der Waals surface area (Å²) in [5, 5.41) is 10.8. The van der Waals surface area contributed by atoms with Gasteiger partial charge in [0.2, 0.25) is 0 Å². The molecule has 1 saturated heterocycles. The molecule has 1 unspecified atom stereocenters. The summed E-state index contributed by atoms with van der Waals surface area (Å²) in [6.45, 7) is 2.32. The van der Waals surface area contributed by atoms with E-state index in [2.05, 4.69) is 0 Å². The zero-order valence-electron chi connectivity index (χ0n) is 13.9. The number of nitrogens with two attached hydrogens (primary N) is 1. The maximum atomic E-state index is 10.8. The van der Waals surface area contributed by atoms with Crippen LogP contribution in [0, 0.1) is 5.41 Å². The SMILES string of the molecule is NCC1(C(O)c2ccc(OCc3ccccc3)cc2)CCOCC1. The molecule has 128 valence electrons. The van der Waals surface area contributed by atoms with E-state index >= 15 is 0 Å². The van der Waals surface area contributed by atoms with Crippen LogP contribution in [0.4, 0.5) is 0 Å². The highest BCUT2D eigenvalue weighted by atomic mass is 16.5. The molecule has 1 heterocycles. The third-order valence-electron chi connectivity index (χ3n) is 4.92. The Kier molecular flexibility index (Phi) is 5.51. The molecule has 4 heteroatoms. The van der Waals surface area contributed by atoms with Crippen LogP contribution in [0.15, 0.2) is 54.6 Å². The van der Waals surface area contributed by atoms with Crippen LogP contribution in [0.3, 0.4) is 0 Å². The lowest BCUT2D eigenvalue weighted by Crippen LogP contribution is -2.41. The molecule has 2 aromatic carbocycles. The minimum Gasteiger partial charge on any atom is -0.489 e. The summed E-state index contributed by atoms with van der Waals surface area (Å²) in [5.41, 5.74) is 7.71. The Balaban J connectivity index is 1.65. The van der Waals surface area contributed by atoms with E-state index in [0.29, 0.717) is 26.4 Å². The Morgan fingerprint density at radius 1 is 1.04 bits per heavy atom. The zero-order chi connectivity index (χ0) is 16.8. The van der Waals surface area contributed by atoms with Gasteiger partial charge >= 0.3 is 0 Å². The van der Waals surface area contributed by atoms with Gasteiger partial charge in [0.15, 0.2) is 0 Å². The van der Waals surface area contributed by atoms with Crippen molar-refractivity contribution in [2.75, 3.05) is 19.8 Å². The minimum atomic E-state index is -0.574. The molecule has 0 bridgehead atoms. The Bertz CT molecular complexity index is 621. The Morgan fingerprint density at radius 3 is 2.33 bits per heavy atom. The molecule has 2 aromatic rings. The summed E-state index contributed by atoms with van der Waals surface area (Å²) in [4.78, 5) is 0. The van der Waals surface area contributed by atoms with Crippen LogP contribution >= 0.6 is 0 Å². The molecule has 0 aliphatic carbocycles. The van der Waals surface area contributed by atoms with Crippen LogP contribution in [-0.4, -0.2) is 24.9 Å². The third-order valence-corrected chi connectivity index (χ3v) is 4.92. The lowest BCUT2D eigenvalue weighted by atomic mass is 9.73. The molecule has 1 fully saturated rings. The van der Waals surface area contributed by atoms with Gasteiger partial charge < -0.3 is 20.3 Å². The number of aliphatic hydroxyl groups is 1. The lowest BCUT2D eigenvalue weighted by molar-refractivity contribution is -0.0581. The smallest absolute Gasteiger partial charge is 0.119 e. The van der Waals surface area contributed by atoms with Crippen molar-refractivity contribution in [1.82, 2.24) is 0 Å². The average molecular weight is 327 g/mol. The molecule has 0 amide bonds. The summed E-state index contributed by atoms with van der Waals surface area (Å²) >= 11 is 0. The summed E-state index contributed by atoms with van der Waals surface area (Å²) in [5.74, 6) is 0.795. The zero-order valence-corrected chi connectivity index (χ0v) is 13.9. The van der Waals surface area contributed by atoms with Gasteiger partial charge in [-0.05, 0) is 36.1 Å². The average Bonchev–Trinajstić information content (AvgIpc) is 2.67. The first kappa shape index (κ1) is 17.0. The van der Waals surface area contributed by atoms with E-state index in [1.165, 1.54) is 0 Å². The molecule has 0 radical (unpaired) electrons. The minimum absolute atomic E-state index is 0.287. The quantitative estimate of drug-likeness (QED) is 0.856. The van der Waals surface area contributed by atoms with Crippen molar-refractivity contribution in [1.29, 1.82) is 0 Å². The molecule has 0 spiro atoms. The first-order valence-electron chi connectivity index (χ1n) is 8.46. The van der Waals surface area contributed by atoms with Crippen molar-refractivity contribution in [2.24, 2.45) is 11.1 Å². The number of rotatable bonds is 6. The van der Waals surface area contributed by atoms with Gasteiger partial charge in [0, 0.05) is 25.2 Å².